The standard InChI is InChI=1S/C24H25Cl2N3O2/c25-19-3-2-16-10-18-14-29(8-6-21(18)22(16)12-19)24(31)28-13-15-1-4-23(26)17(9-15)11-20(30)5-7-27/h1-4,9,12H,5-8,10-11,13-14,27H2,(H,28,31). The SMILES string of the molecule is NCCC(=O)Cc1cc(CNC(=O)N2CCC3=C(Cc4ccc(Cl)cc43)C2)ccc1Cl. The summed E-state index contributed by atoms with van der Waals surface area (Å²) in [5.41, 5.74) is 12.3. The molecule has 7 heteroatoms. The molecule has 5 nitrogen and oxygen atoms in total. The number of nitrogens with two attached hydrogens (primary N) is 1. The minimum absolute atomic E-state index is 0.0572. The number of Topliss-reactive ketones (excluding diaryl/α,β-unsaturated/α-hetero) is 1. The zero-order valence-electron chi connectivity index (χ0n) is 17.2. The number of carbonyl (C=O) groups excluding carboxylic acids is 2. The summed E-state index contributed by atoms with van der Waals surface area (Å²) in [6, 6.07) is 11.5. The van der Waals surface area contributed by atoms with Crippen molar-refractivity contribution in [1.82, 2.24) is 10.2 Å². The van der Waals surface area contributed by atoms with Crippen LogP contribution < -0.4 is 11.1 Å². The zero-order chi connectivity index (χ0) is 22.0. The number of nitrogens with one attached hydrogen (secondary N) is 1. The van der Waals surface area contributed by atoms with E-state index in [1.165, 1.54) is 22.3 Å². The van der Waals surface area contributed by atoms with Crippen molar-refractivity contribution in [3.05, 3.63) is 74.3 Å². The fourth-order valence-corrected chi connectivity index (χ4v) is 4.68. The number of halogens is 2. The van der Waals surface area contributed by atoms with Crippen LogP contribution in [-0.4, -0.2) is 36.3 Å². The highest BCUT2D eigenvalue weighted by Crippen LogP contribution is 2.39. The Morgan fingerprint density at radius 2 is 1.97 bits per heavy atom. The normalized spacial score (nSPS) is 15.0. The van der Waals surface area contributed by atoms with Gasteiger partial charge in [-0.1, -0.05) is 41.4 Å². The summed E-state index contributed by atoms with van der Waals surface area (Å²) in [4.78, 5) is 26.5. The van der Waals surface area contributed by atoms with Gasteiger partial charge in [-0.05, 0) is 71.0 Å². The molecule has 0 atom stereocenters. The lowest BCUT2D eigenvalue weighted by atomic mass is 9.99. The van der Waals surface area contributed by atoms with Crippen LogP contribution in [0.5, 0.6) is 0 Å². The molecule has 3 N–H and O–H groups in total. The fourth-order valence-electron chi connectivity index (χ4n) is 4.33. The van der Waals surface area contributed by atoms with Crippen molar-refractivity contribution in [3.8, 4) is 0 Å². The molecule has 0 bridgehead atoms. The molecular formula is C24H25Cl2N3O2. The molecule has 1 aliphatic heterocycles. The minimum Gasteiger partial charge on any atom is -0.334 e. The smallest absolute Gasteiger partial charge is 0.317 e. The molecule has 2 amide bonds. The van der Waals surface area contributed by atoms with Crippen LogP contribution >= 0.6 is 23.2 Å². The molecule has 0 radical (unpaired) electrons. The summed E-state index contributed by atoms with van der Waals surface area (Å²) in [7, 11) is 0. The molecule has 1 heterocycles. The van der Waals surface area contributed by atoms with Crippen LogP contribution in [0, 0.1) is 0 Å². The molecule has 0 unspecified atom stereocenters. The first-order valence-electron chi connectivity index (χ1n) is 10.5. The van der Waals surface area contributed by atoms with Gasteiger partial charge in [0.1, 0.15) is 5.78 Å². The van der Waals surface area contributed by atoms with Gasteiger partial charge in [-0.25, -0.2) is 4.79 Å². The lowest BCUT2D eigenvalue weighted by molar-refractivity contribution is -0.118. The summed E-state index contributed by atoms with van der Waals surface area (Å²) in [6.07, 6.45) is 2.30. The topological polar surface area (TPSA) is 75.4 Å². The second-order valence-corrected chi connectivity index (χ2v) is 8.91. The van der Waals surface area contributed by atoms with Crippen molar-refractivity contribution in [2.75, 3.05) is 19.6 Å². The summed E-state index contributed by atoms with van der Waals surface area (Å²) in [6.45, 7) is 2.02. The van der Waals surface area contributed by atoms with E-state index in [9.17, 15) is 9.59 Å². The lowest BCUT2D eigenvalue weighted by Crippen LogP contribution is -2.43. The first-order valence-corrected chi connectivity index (χ1v) is 11.2. The van der Waals surface area contributed by atoms with Crippen molar-refractivity contribution >= 4 is 40.6 Å². The molecule has 0 saturated carbocycles. The number of amides is 2. The van der Waals surface area contributed by atoms with Gasteiger partial charge in [0, 0.05) is 42.5 Å². The van der Waals surface area contributed by atoms with Crippen molar-refractivity contribution in [2.45, 2.75) is 32.2 Å². The lowest BCUT2D eigenvalue weighted by Gasteiger charge is -2.29. The summed E-state index contributed by atoms with van der Waals surface area (Å²) in [5, 5.41) is 4.30. The molecule has 2 aromatic rings. The number of ketones is 1. The predicted molar refractivity (Wildman–Crippen MR) is 124 cm³/mol. The van der Waals surface area contributed by atoms with E-state index in [2.05, 4.69) is 11.4 Å². The maximum Gasteiger partial charge on any atom is 0.317 e. The van der Waals surface area contributed by atoms with E-state index in [1.807, 2.05) is 29.2 Å². The van der Waals surface area contributed by atoms with E-state index in [0.29, 0.717) is 37.6 Å². The van der Waals surface area contributed by atoms with Gasteiger partial charge in [0.15, 0.2) is 0 Å². The molecule has 0 fully saturated rings. The van der Waals surface area contributed by atoms with Crippen LogP contribution in [0.15, 0.2) is 42.0 Å². The third kappa shape index (κ3) is 4.95. The van der Waals surface area contributed by atoms with Gasteiger partial charge in [0.2, 0.25) is 0 Å². The average molecular weight is 458 g/mol. The molecule has 0 spiro atoms. The minimum atomic E-state index is -0.0868. The Morgan fingerprint density at radius 3 is 2.77 bits per heavy atom. The van der Waals surface area contributed by atoms with E-state index in [-0.39, 0.29) is 18.2 Å². The van der Waals surface area contributed by atoms with Gasteiger partial charge in [0.25, 0.3) is 0 Å². The van der Waals surface area contributed by atoms with Crippen LogP contribution in [0.4, 0.5) is 4.79 Å². The average Bonchev–Trinajstić information content (AvgIpc) is 3.11. The second kappa shape index (κ2) is 9.43. The van der Waals surface area contributed by atoms with Crippen LogP contribution in [0.1, 0.15) is 35.1 Å². The van der Waals surface area contributed by atoms with Gasteiger partial charge in [-0.2, -0.15) is 0 Å². The zero-order valence-corrected chi connectivity index (χ0v) is 18.7. The maximum atomic E-state index is 12.8. The number of urea groups is 1. The highest BCUT2D eigenvalue weighted by molar-refractivity contribution is 6.31. The highest BCUT2D eigenvalue weighted by atomic mass is 35.5. The Bertz CT molecular complexity index is 1060. The van der Waals surface area contributed by atoms with E-state index >= 15 is 0 Å². The van der Waals surface area contributed by atoms with E-state index in [4.69, 9.17) is 28.9 Å². The van der Waals surface area contributed by atoms with Crippen LogP contribution in [0.25, 0.3) is 5.57 Å². The quantitative estimate of drug-likeness (QED) is 0.675. The molecule has 2 aliphatic rings. The number of hydrogen-bond acceptors (Lipinski definition) is 3. The largest absolute Gasteiger partial charge is 0.334 e. The first-order chi connectivity index (χ1) is 14.9. The molecule has 4 rings (SSSR count). The molecule has 162 valence electrons. The molecule has 2 aromatic carbocycles. The summed E-state index contributed by atoms with van der Waals surface area (Å²) in [5.74, 6) is 0.0572. The molecule has 31 heavy (non-hydrogen) atoms. The van der Waals surface area contributed by atoms with Gasteiger partial charge in [-0.3, -0.25) is 4.79 Å². The number of rotatable bonds is 6. The van der Waals surface area contributed by atoms with Crippen molar-refractivity contribution in [1.29, 1.82) is 0 Å². The predicted octanol–water partition coefficient (Wildman–Crippen LogP) is 4.38. The van der Waals surface area contributed by atoms with Crippen molar-refractivity contribution < 1.29 is 9.59 Å². The number of carbonyl (C=O) groups is 2. The van der Waals surface area contributed by atoms with Gasteiger partial charge in [0.05, 0.1) is 0 Å². The van der Waals surface area contributed by atoms with Crippen LogP contribution in [0.2, 0.25) is 10.0 Å². The third-order valence-corrected chi connectivity index (χ3v) is 6.50. The Balaban J connectivity index is 1.36. The Morgan fingerprint density at radius 1 is 1.13 bits per heavy atom. The van der Waals surface area contributed by atoms with Crippen LogP contribution in [0.3, 0.4) is 0 Å². The summed E-state index contributed by atoms with van der Waals surface area (Å²) < 4.78 is 0. The fraction of sp³-hybridized carbons (Fsp3) is 0.333. The molecule has 0 aromatic heterocycles. The van der Waals surface area contributed by atoms with E-state index in [1.54, 1.807) is 6.07 Å². The number of nitrogens with zero attached hydrogens (tertiary/aromatic N) is 1. The number of hydrogen-bond donors (Lipinski definition) is 2. The van der Waals surface area contributed by atoms with E-state index in [0.717, 1.165) is 29.0 Å². The monoisotopic (exact) mass is 457 g/mol. The van der Waals surface area contributed by atoms with Crippen LogP contribution in [-0.2, 0) is 24.2 Å². The number of benzene rings is 2. The highest BCUT2D eigenvalue weighted by Gasteiger charge is 2.29. The Hall–Kier alpha value is -2.34. The first kappa shape index (κ1) is 21.9. The Kier molecular flexibility index (Phi) is 6.65. The molecule has 0 saturated heterocycles. The molecular weight excluding hydrogens is 433 g/mol. The van der Waals surface area contributed by atoms with E-state index < -0.39 is 0 Å². The van der Waals surface area contributed by atoms with Gasteiger partial charge >= 0.3 is 6.03 Å². The molecule has 1 aliphatic carbocycles. The number of fused-ring (bicyclic) bond motifs is 2. The third-order valence-electron chi connectivity index (χ3n) is 5.89. The summed E-state index contributed by atoms with van der Waals surface area (Å²) >= 11 is 12.4. The van der Waals surface area contributed by atoms with Crippen molar-refractivity contribution in [2.24, 2.45) is 5.73 Å². The Labute approximate surface area is 192 Å². The van der Waals surface area contributed by atoms with Gasteiger partial charge in [-0.15, -0.1) is 0 Å². The maximum absolute atomic E-state index is 12.8. The van der Waals surface area contributed by atoms with Crippen molar-refractivity contribution in [3.63, 3.8) is 0 Å². The second-order valence-electron chi connectivity index (χ2n) is 8.07. The van der Waals surface area contributed by atoms with Gasteiger partial charge < -0.3 is 16.0 Å².